The zero-order chi connectivity index (χ0) is 16.9. The average molecular weight is 330 g/mol. The van der Waals surface area contributed by atoms with Crippen molar-refractivity contribution in [1.82, 2.24) is 10.6 Å². The maximum atomic E-state index is 13.1. The number of aliphatic hydroxyl groups excluding tert-OH is 1. The first-order valence-electron chi connectivity index (χ1n) is 7.68. The van der Waals surface area contributed by atoms with Crippen LogP contribution in [0.25, 0.3) is 0 Å². The minimum absolute atomic E-state index is 0.0752. The van der Waals surface area contributed by atoms with Crippen molar-refractivity contribution in [2.75, 3.05) is 6.54 Å². The van der Waals surface area contributed by atoms with Crippen LogP contribution in [0.1, 0.15) is 37.3 Å². The van der Waals surface area contributed by atoms with Crippen molar-refractivity contribution < 1.29 is 23.1 Å². The van der Waals surface area contributed by atoms with Crippen molar-refractivity contribution in [3.8, 4) is 0 Å². The Bertz CT molecular complexity index is 500. The highest BCUT2D eigenvalue weighted by Gasteiger charge is 2.40. The van der Waals surface area contributed by atoms with Gasteiger partial charge in [-0.15, -0.1) is 0 Å². The quantitative estimate of drug-likeness (QED) is 0.776. The van der Waals surface area contributed by atoms with Gasteiger partial charge in [0, 0.05) is 6.04 Å². The van der Waals surface area contributed by atoms with Gasteiger partial charge in [0.25, 0.3) is 0 Å². The Hall–Kier alpha value is -1.60. The van der Waals surface area contributed by atoms with Gasteiger partial charge < -0.3 is 10.4 Å². The number of rotatable bonds is 5. The standard InChI is InChI=1S/C16H21F3N2O2/c17-16(18,19)15(11-4-2-1-3-5-11)20-10-14(23)21-12-6-8-13(22)9-7-12/h1-5,12-13,15,20,22H,6-10H2,(H,21,23)/t12?,13?,15-/m1/s1. The lowest BCUT2D eigenvalue weighted by Crippen LogP contribution is -2.45. The molecule has 0 heterocycles. The molecule has 0 bridgehead atoms. The first-order chi connectivity index (χ1) is 10.9. The van der Waals surface area contributed by atoms with Gasteiger partial charge >= 0.3 is 6.18 Å². The van der Waals surface area contributed by atoms with Crippen LogP contribution in [0.15, 0.2) is 30.3 Å². The van der Waals surface area contributed by atoms with Crippen molar-refractivity contribution in [2.45, 2.75) is 50.0 Å². The fraction of sp³-hybridized carbons (Fsp3) is 0.562. The van der Waals surface area contributed by atoms with E-state index in [0.29, 0.717) is 25.7 Å². The molecular formula is C16H21F3N2O2. The molecule has 7 heteroatoms. The molecule has 4 nitrogen and oxygen atoms in total. The summed E-state index contributed by atoms with van der Waals surface area (Å²) in [7, 11) is 0. The monoisotopic (exact) mass is 330 g/mol. The first kappa shape index (κ1) is 17.7. The summed E-state index contributed by atoms with van der Waals surface area (Å²) in [6.45, 7) is -0.405. The SMILES string of the molecule is O=C(CN[C@H](c1ccccc1)C(F)(F)F)NC1CCC(O)CC1. The van der Waals surface area contributed by atoms with E-state index in [-0.39, 0.29) is 17.7 Å². The number of aliphatic hydroxyl groups is 1. The van der Waals surface area contributed by atoms with Crippen molar-refractivity contribution in [2.24, 2.45) is 0 Å². The second-order valence-electron chi connectivity index (χ2n) is 5.84. The number of alkyl halides is 3. The minimum atomic E-state index is -4.48. The zero-order valence-corrected chi connectivity index (χ0v) is 12.6. The summed E-state index contributed by atoms with van der Waals surface area (Å²) in [5.41, 5.74) is 0.0774. The number of carbonyl (C=O) groups excluding carboxylic acids is 1. The van der Waals surface area contributed by atoms with Crippen molar-refractivity contribution in [1.29, 1.82) is 0 Å². The van der Waals surface area contributed by atoms with Gasteiger partial charge in [0.1, 0.15) is 6.04 Å². The third kappa shape index (κ3) is 5.51. The summed E-state index contributed by atoms with van der Waals surface area (Å²) in [5.74, 6) is -0.462. The van der Waals surface area contributed by atoms with Gasteiger partial charge in [-0.25, -0.2) is 0 Å². The van der Waals surface area contributed by atoms with Crippen LogP contribution in [0, 0.1) is 0 Å². The summed E-state index contributed by atoms with van der Waals surface area (Å²) in [6.07, 6.45) is -2.31. The van der Waals surface area contributed by atoms with Crippen LogP contribution in [0.4, 0.5) is 13.2 Å². The molecule has 1 amide bonds. The van der Waals surface area contributed by atoms with E-state index in [0.717, 1.165) is 0 Å². The van der Waals surface area contributed by atoms with E-state index in [4.69, 9.17) is 0 Å². The zero-order valence-electron chi connectivity index (χ0n) is 12.6. The largest absolute Gasteiger partial charge is 0.407 e. The van der Waals surface area contributed by atoms with Gasteiger partial charge in [0.05, 0.1) is 12.6 Å². The van der Waals surface area contributed by atoms with E-state index >= 15 is 0 Å². The molecule has 1 saturated carbocycles. The molecule has 0 radical (unpaired) electrons. The van der Waals surface area contributed by atoms with Crippen LogP contribution in [0.2, 0.25) is 0 Å². The lowest BCUT2D eigenvalue weighted by molar-refractivity contribution is -0.158. The Balaban J connectivity index is 1.87. The molecule has 0 aliphatic heterocycles. The Kier molecular flexibility index (Phi) is 6.01. The summed E-state index contributed by atoms with van der Waals surface area (Å²) >= 11 is 0. The highest BCUT2D eigenvalue weighted by atomic mass is 19.4. The van der Waals surface area contributed by atoms with Crippen LogP contribution >= 0.6 is 0 Å². The van der Waals surface area contributed by atoms with Crippen molar-refractivity contribution in [3.05, 3.63) is 35.9 Å². The average Bonchev–Trinajstić information content (AvgIpc) is 2.49. The Labute approximate surface area is 133 Å². The summed E-state index contributed by atoms with van der Waals surface area (Å²) in [6, 6.07) is 5.52. The van der Waals surface area contributed by atoms with Gasteiger partial charge in [-0.1, -0.05) is 30.3 Å². The number of nitrogens with one attached hydrogen (secondary N) is 2. The molecule has 2 rings (SSSR count). The molecule has 1 atom stereocenters. The highest BCUT2D eigenvalue weighted by molar-refractivity contribution is 5.78. The van der Waals surface area contributed by atoms with Crippen LogP contribution < -0.4 is 10.6 Å². The van der Waals surface area contributed by atoms with Crippen LogP contribution in [0.5, 0.6) is 0 Å². The van der Waals surface area contributed by atoms with E-state index < -0.39 is 24.7 Å². The second kappa shape index (κ2) is 7.79. The first-order valence-corrected chi connectivity index (χ1v) is 7.68. The molecule has 1 aromatic carbocycles. The molecule has 0 aromatic heterocycles. The van der Waals surface area contributed by atoms with Crippen molar-refractivity contribution in [3.63, 3.8) is 0 Å². The fourth-order valence-electron chi connectivity index (χ4n) is 2.76. The van der Waals surface area contributed by atoms with Crippen LogP contribution in [0.3, 0.4) is 0 Å². The predicted octanol–water partition coefficient (Wildman–Crippen LogP) is 2.30. The van der Waals surface area contributed by atoms with Gasteiger partial charge in [0.15, 0.2) is 0 Å². The molecule has 0 saturated heterocycles. The lowest BCUT2D eigenvalue weighted by Gasteiger charge is -2.27. The predicted molar refractivity (Wildman–Crippen MR) is 79.6 cm³/mol. The minimum Gasteiger partial charge on any atom is -0.393 e. The number of amides is 1. The lowest BCUT2D eigenvalue weighted by atomic mass is 9.93. The number of carbonyl (C=O) groups is 1. The van der Waals surface area contributed by atoms with E-state index in [9.17, 15) is 23.1 Å². The van der Waals surface area contributed by atoms with E-state index in [1.807, 2.05) is 0 Å². The summed E-state index contributed by atoms with van der Waals surface area (Å²) in [5, 5.41) is 14.4. The van der Waals surface area contributed by atoms with Gasteiger partial charge in [0.2, 0.25) is 5.91 Å². The Morgan fingerprint density at radius 3 is 2.35 bits per heavy atom. The molecule has 1 aromatic rings. The van der Waals surface area contributed by atoms with Crippen LogP contribution in [-0.2, 0) is 4.79 Å². The third-order valence-corrected chi connectivity index (χ3v) is 3.99. The number of hydrogen-bond donors (Lipinski definition) is 3. The number of hydrogen-bond acceptors (Lipinski definition) is 3. The number of halogens is 3. The molecule has 0 unspecified atom stereocenters. The summed E-state index contributed by atoms with van der Waals surface area (Å²) in [4.78, 5) is 11.9. The van der Waals surface area contributed by atoms with Gasteiger partial charge in [-0.2, -0.15) is 13.2 Å². The molecule has 23 heavy (non-hydrogen) atoms. The van der Waals surface area contributed by atoms with E-state index in [1.165, 1.54) is 24.3 Å². The molecule has 1 aliphatic rings. The number of benzene rings is 1. The maximum absolute atomic E-state index is 13.1. The molecule has 1 aliphatic carbocycles. The summed E-state index contributed by atoms with van der Waals surface area (Å²) < 4.78 is 39.4. The van der Waals surface area contributed by atoms with Gasteiger partial charge in [-0.3, -0.25) is 10.1 Å². The van der Waals surface area contributed by atoms with Crippen LogP contribution in [-0.4, -0.2) is 35.9 Å². The molecule has 0 spiro atoms. The molecule has 1 fully saturated rings. The second-order valence-corrected chi connectivity index (χ2v) is 5.84. The van der Waals surface area contributed by atoms with E-state index in [2.05, 4.69) is 10.6 Å². The Morgan fingerprint density at radius 1 is 1.17 bits per heavy atom. The maximum Gasteiger partial charge on any atom is 0.407 e. The van der Waals surface area contributed by atoms with Crippen molar-refractivity contribution >= 4 is 5.91 Å². The third-order valence-electron chi connectivity index (χ3n) is 3.99. The fourth-order valence-corrected chi connectivity index (χ4v) is 2.76. The molecule has 128 valence electrons. The van der Waals surface area contributed by atoms with Gasteiger partial charge in [-0.05, 0) is 31.2 Å². The smallest absolute Gasteiger partial charge is 0.393 e. The molecule has 3 N–H and O–H groups in total. The van der Waals surface area contributed by atoms with E-state index in [1.54, 1.807) is 6.07 Å². The Morgan fingerprint density at radius 2 is 1.78 bits per heavy atom. The highest BCUT2D eigenvalue weighted by Crippen LogP contribution is 2.32. The topological polar surface area (TPSA) is 61.4 Å². The normalized spacial score (nSPS) is 23.3. The molecular weight excluding hydrogens is 309 g/mol.